The maximum atomic E-state index is 12.1. The molecule has 0 aromatic carbocycles. The molecule has 0 heterocycles. The molecule has 30 heavy (non-hydrogen) atoms. The van der Waals surface area contributed by atoms with Crippen LogP contribution in [0.2, 0.25) is 0 Å². The van der Waals surface area contributed by atoms with E-state index >= 15 is 0 Å². The quantitative estimate of drug-likeness (QED) is 0.0642. The molecule has 0 aliphatic rings. The number of carbonyl (C=O) groups excluding carboxylic acids is 3. The van der Waals surface area contributed by atoms with Crippen molar-refractivity contribution in [3.63, 3.8) is 0 Å². The third kappa shape index (κ3) is 9.57. The molecule has 0 saturated heterocycles. The zero-order valence-electron chi connectivity index (χ0n) is 15.9. The summed E-state index contributed by atoms with van der Waals surface area (Å²) in [5.74, 6) is -3.27. The van der Waals surface area contributed by atoms with Crippen LogP contribution in [0.15, 0.2) is 0 Å². The molecule has 176 valence electrons. The van der Waals surface area contributed by atoms with Crippen molar-refractivity contribution in [1.82, 2.24) is 0 Å². The fraction of sp³-hybridized carbons (Fsp3) is 0.800. The average molecular weight is 492 g/mol. The second-order valence-corrected chi connectivity index (χ2v) is 7.21. The second-order valence-electron chi connectivity index (χ2n) is 6.11. The van der Waals surface area contributed by atoms with Gasteiger partial charge in [0, 0.05) is 17.3 Å². The summed E-state index contributed by atoms with van der Waals surface area (Å²) >= 11 is 11.6. The third-order valence-corrected chi connectivity index (χ3v) is 4.87. The highest BCUT2D eigenvalue weighted by molar-refractivity contribution is 7.80. The first-order valence-corrected chi connectivity index (χ1v) is 10.6. The van der Waals surface area contributed by atoms with E-state index in [1.165, 1.54) is 0 Å². The van der Waals surface area contributed by atoms with Gasteiger partial charge in [0.05, 0.1) is 6.61 Å². The number of esters is 3. The van der Waals surface area contributed by atoms with Gasteiger partial charge in [-0.05, 0) is 0 Å². The molecule has 15 heteroatoms. The predicted molar refractivity (Wildman–Crippen MR) is 115 cm³/mol. The molecule has 0 radical (unpaired) electrons. The molecule has 0 rings (SSSR count). The highest BCUT2D eigenvalue weighted by Gasteiger charge is 2.40. The van der Waals surface area contributed by atoms with Crippen LogP contribution in [0.1, 0.15) is 0 Å². The largest absolute Gasteiger partial charge is 0.460 e. The van der Waals surface area contributed by atoms with Crippen molar-refractivity contribution in [2.75, 3.05) is 30.5 Å². The summed E-state index contributed by atoms with van der Waals surface area (Å²) in [4.78, 5) is 36.1. The van der Waals surface area contributed by atoms with Crippen molar-refractivity contribution in [3.8, 4) is 0 Å². The third-order valence-electron chi connectivity index (χ3n) is 3.69. The fourth-order valence-electron chi connectivity index (χ4n) is 1.84. The van der Waals surface area contributed by atoms with Crippen molar-refractivity contribution in [2.24, 2.45) is 17.2 Å². The molecule has 0 fully saturated rings. The summed E-state index contributed by atoms with van der Waals surface area (Å²) < 4.78 is 15.1. The first-order valence-electron chi connectivity index (χ1n) is 8.67. The van der Waals surface area contributed by atoms with Crippen LogP contribution in [0, 0.1) is 0 Å². The molecule has 0 bridgehead atoms. The Morgan fingerprint density at radius 3 is 1.67 bits per heavy atom. The average Bonchev–Trinajstić information content (AvgIpc) is 2.76. The van der Waals surface area contributed by atoms with Crippen molar-refractivity contribution in [1.29, 1.82) is 0 Å². The van der Waals surface area contributed by atoms with Crippen LogP contribution >= 0.6 is 37.9 Å². The minimum absolute atomic E-state index is 0.0467. The summed E-state index contributed by atoms with van der Waals surface area (Å²) in [6, 6.07) is -3.51. The number of thiol groups is 3. The van der Waals surface area contributed by atoms with Crippen molar-refractivity contribution < 1.29 is 43.9 Å². The van der Waals surface area contributed by atoms with Gasteiger partial charge in [0.1, 0.15) is 36.9 Å². The molecule has 0 unspecified atom stereocenters. The number of nitrogens with two attached hydrogens (primary N) is 3. The van der Waals surface area contributed by atoms with Gasteiger partial charge in [-0.1, -0.05) is 0 Å². The van der Waals surface area contributed by atoms with Gasteiger partial charge in [-0.3, -0.25) is 14.4 Å². The van der Waals surface area contributed by atoms with Crippen molar-refractivity contribution >= 4 is 55.8 Å². The van der Waals surface area contributed by atoms with Crippen LogP contribution < -0.4 is 17.2 Å². The Bertz CT molecular complexity index is 561. The van der Waals surface area contributed by atoms with E-state index in [1.54, 1.807) is 0 Å². The minimum Gasteiger partial charge on any atom is -0.460 e. The smallest absolute Gasteiger partial charge is 0.324 e. The Labute approximate surface area is 190 Å². The predicted octanol–water partition coefficient (Wildman–Crippen LogP) is -4.16. The molecule has 12 nitrogen and oxygen atoms in total. The molecule has 0 aliphatic carbocycles. The normalized spacial score (nSPS) is 18.3. The molecule has 0 saturated carbocycles. The highest BCUT2D eigenvalue weighted by atomic mass is 32.1. The summed E-state index contributed by atoms with van der Waals surface area (Å²) in [7, 11) is 0. The molecular formula is C15H29N3O9S3. The van der Waals surface area contributed by atoms with Crippen molar-refractivity contribution in [3.05, 3.63) is 0 Å². The van der Waals surface area contributed by atoms with E-state index in [0.29, 0.717) is 0 Å². The van der Waals surface area contributed by atoms with Crippen LogP contribution in [-0.4, -0.2) is 106 Å². The highest BCUT2D eigenvalue weighted by Crippen LogP contribution is 2.16. The van der Waals surface area contributed by atoms with Crippen LogP contribution in [0.5, 0.6) is 0 Å². The van der Waals surface area contributed by atoms with E-state index in [4.69, 9.17) is 36.5 Å². The van der Waals surface area contributed by atoms with E-state index in [2.05, 4.69) is 37.9 Å². The standard InChI is InChI=1S/C15H29N3O9S3/c16-6(3-28)13(22)25-2-10(26-14(23)7(17)4-29)12(11(21)9(20)1-19)27-15(24)8(18)5-30/h6-12,19-21,28-30H,1-5,16-18H2/t6-,7-,8-,9+,10-,11+,12+/m0/s1. The maximum Gasteiger partial charge on any atom is 0.324 e. The Balaban J connectivity index is 5.78. The van der Waals surface area contributed by atoms with Gasteiger partial charge in [0.25, 0.3) is 0 Å². The van der Waals surface area contributed by atoms with Gasteiger partial charge in [0.2, 0.25) is 0 Å². The van der Waals surface area contributed by atoms with Crippen LogP contribution in [0.4, 0.5) is 0 Å². The van der Waals surface area contributed by atoms with Crippen LogP contribution in [-0.2, 0) is 28.6 Å². The monoisotopic (exact) mass is 491 g/mol. The van der Waals surface area contributed by atoms with E-state index in [0.717, 1.165) is 0 Å². The van der Waals surface area contributed by atoms with E-state index in [9.17, 15) is 24.6 Å². The molecule has 0 aromatic rings. The first-order chi connectivity index (χ1) is 14.0. The summed E-state index contributed by atoms with van der Waals surface area (Å²) in [5.41, 5.74) is 16.6. The lowest BCUT2D eigenvalue weighted by molar-refractivity contribution is -0.193. The molecule has 7 atom stereocenters. The number of hydrogen-bond acceptors (Lipinski definition) is 15. The SMILES string of the molecule is N[C@@H](CS)C(=O)OC[C@H](OC(=O)[C@@H](N)CS)[C@@H](OC(=O)[C@@H](N)CS)[C@H](O)[C@H](O)CO. The number of aliphatic hydroxyl groups excluding tert-OH is 3. The fourth-order valence-corrected chi connectivity index (χ4v) is 2.29. The molecular weight excluding hydrogens is 462 g/mol. The molecule has 0 aromatic heterocycles. The first kappa shape index (κ1) is 29.2. The minimum atomic E-state index is -1.95. The number of carbonyl (C=O) groups is 3. The zero-order chi connectivity index (χ0) is 23.4. The maximum absolute atomic E-state index is 12.1. The van der Waals surface area contributed by atoms with Gasteiger partial charge in [-0.25, -0.2) is 0 Å². The molecule has 9 N–H and O–H groups in total. The number of aliphatic hydroxyl groups is 3. The number of rotatable bonds is 14. The Morgan fingerprint density at radius 2 is 1.23 bits per heavy atom. The van der Waals surface area contributed by atoms with Gasteiger partial charge >= 0.3 is 17.9 Å². The summed E-state index contributed by atoms with van der Waals surface area (Å²) in [6.07, 6.45) is -7.17. The number of ether oxygens (including phenoxy) is 3. The van der Waals surface area contributed by atoms with Gasteiger partial charge in [-0.15, -0.1) is 0 Å². The van der Waals surface area contributed by atoms with Crippen molar-refractivity contribution in [2.45, 2.75) is 42.5 Å². The lowest BCUT2D eigenvalue weighted by Gasteiger charge is -2.32. The Hall–Kier alpha value is -0.780. The van der Waals surface area contributed by atoms with Crippen LogP contribution in [0.3, 0.4) is 0 Å². The zero-order valence-corrected chi connectivity index (χ0v) is 18.6. The lowest BCUT2D eigenvalue weighted by Crippen LogP contribution is -2.54. The summed E-state index contributed by atoms with van der Waals surface area (Å²) in [5, 5.41) is 29.2. The summed E-state index contributed by atoms with van der Waals surface area (Å²) in [6.45, 7) is -1.65. The molecule has 0 spiro atoms. The lowest BCUT2D eigenvalue weighted by atomic mass is 10.0. The van der Waals surface area contributed by atoms with Crippen LogP contribution in [0.25, 0.3) is 0 Å². The topological polar surface area (TPSA) is 218 Å². The van der Waals surface area contributed by atoms with Gasteiger partial charge in [-0.2, -0.15) is 37.9 Å². The van der Waals surface area contributed by atoms with Gasteiger partial charge < -0.3 is 46.7 Å². The van der Waals surface area contributed by atoms with E-state index in [-0.39, 0.29) is 17.3 Å². The number of hydrogen-bond donors (Lipinski definition) is 9. The second kappa shape index (κ2) is 15.1. The van der Waals surface area contributed by atoms with E-state index < -0.39 is 73.7 Å². The Morgan fingerprint density at radius 1 is 0.800 bits per heavy atom. The molecule has 0 amide bonds. The van der Waals surface area contributed by atoms with E-state index in [1.807, 2.05) is 0 Å². The Kier molecular flexibility index (Phi) is 14.7. The molecule has 0 aliphatic heterocycles. The van der Waals surface area contributed by atoms with Gasteiger partial charge in [0.15, 0.2) is 12.2 Å².